The molecular formula is C14H14. The Hall–Kier alpha value is -1.56. The van der Waals surface area contributed by atoms with E-state index in [4.69, 9.17) is 0 Å². The molecule has 0 nitrogen and oxygen atoms in total. The van der Waals surface area contributed by atoms with Crippen LogP contribution in [0.2, 0.25) is 0 Å². The molecule has 1 aromatic carbocycles. The number of benzene rings is 1. The maximum absolute atomic E-state index is 3.94. The topological polar surface area (TPSA) is 0 Å². The average Bonchev–Trinajstić information content (AvgIpc) is 2.35. The molecule has 0 unspecified atom stereocenters. The summed E-state index contributed by atoms with van der Waals surface area (Å²) in [6.45, 7) is 8.23. The molecule has 14 heavy (non-hydrogen) atoms. The van der Waals surface area contributed by atoms with E-state index in [9.17, 15) is 0 Å². The third kappa shape index (κ3) is 1.44. The van der Waals surface area contributed by atoms with Crippen molar-refractivity contribution < 1.29 is 0 Å². The summed E-state index contributed by atoms with van der Waals surface area (Å²) in [5, 5.41) is 0. The fourth-order valence-corrected chi connectivity index (χ4v) is 1.73. The van der Waals surface area contributed by atoms with E-state index in [2.05, 4.69) is 56.9 Å². The Bertz CT molecular complexity index is 404. The van der Waals surface area contributed by atoms with Gasteiger partial charge in [0, 0.05) is 0 Å². The molecule has 2 rings (SSSR count). The fourth-order valence-electron chi connectivity index (χ4n) is 1.73. The largest absolute Gasteiger partial charge is 0.0918 e. The smallest absolute Gasteiger partial charge is 0.0152 e. The third-order valence-corrected chi connectivity index (χ3v) is 2.65. The molecule has 0 spiro atoms. The number of aryl methyl sites for hydroxylation is 2. The van der Waals surface area contributed by atoms with Crippen molar-refractivity contribution in [1.82, 2.24) is 0 Å². The van der Waals surface area contributed by atoms with Crippen LogP contribution in [0.25, 0.3) is 12.2 Å². The van der Waals surface area contributed by atoms with Crippen LogP contribution in [0.15, 0.2) is 36.4 Å². The van der Waals surface area contributed by atoms with Crippen LogP contribution in [0.1, 0.15) is 22.3 Å². The predicted octanol–water partition coefficient (Wildman–Crippen LogP) is 3.90. The molecule has 1 aliphatic rings. The minimum absolute atomic E-state index is 1.06. The Morgan fingerprint density at radius 2 is 1.21 bits per heavy atom. The highest BCUT2D eigenvalue weighted by Gasteiger charge is 2.05. The van der Waals surface area contributed by atoms with Crippen molar-refractivity contribution in [2.24, 2.45) is 0 Å². The van der Waals surface area contributed by atoms with Crippen LogP contribution in [0.3, 0.4) is 0 Å². The van der Waals surface area contributed by atoms with Gasteiger partial charge in [-0.2, -0.15) is 0 Å². The van der Waals surface area contributed by atoms with Gasteiger partial charge in [0.25, 0.3) is 0 Å². The van der Waals surface area contributed by atoms with Crippen molar-refractivity contribution >= 4 is 12.2 Å². The molecule has 0 bridgehead atoms. The fraction of sp³-hybridized carbons (Fsp3) is 0.143. The maximum Gasteiger partial charge on any atom is -0.0152 e. The number of hydrogen-bond donors (Lipinski definition) is 0. The highest BCUT2D eigenvalue weighted by atomic mass is 14.1. The van der Waals surface area contributed by atoms with Crippen LogP contribution in [0, 0.1) is 13.8 Å². The van der Waals surface area contributed by atoms with E-state index in [1.54, 1.807) is 0 Å². The lowest BCUT2D eigenvalue weighted by Gasteiger charge is -2.07. The molecule has 1 aromatic rings. The molecular weight excluding hydrogens is 168 g/mol. The van der Waals surface area contributed by atoms with Gasteiger partial charge in [0.1, 0.15) is 0 Å². The Morgan fingerprint density at radius 1 is 0.786 bits per heavy atom. The standard InChI is InChI=1S/C14H14/c1-10-4-8-13-11(2)6-7-12(3)14(13)9-5-10/h4-9H,1H2,2-3H3. The van der Waals surface area contributed by atoms with Crippen LogP contribution in [0.5, 0.6) is 0 Å². The lowest BCUT2D eigenvalue weighted by atomic mass is 9.97. The lowest BCUT2D eigenvalue weighted by molar-refractivity contribution is 1.36. The van der Waals surface area contributed by atoms with E-state index in [0.717, 1.165) is 5.57 Å². The number of allylic oxidation sites excluding steroid dienone is 3. The number of fused-ring (bicyclic) bond motifs is 1. The van der Waals surface area contributed by atoms with Gasteiger partial charge in [0.15, 0.2) is 0 Å². The molecule has 0 fully saturated rings. The second-order valence-electron chi connectivity index (χ2n) is 3.77. The SMILES string of the molecule is C=C1C=Cc2c(C)ccc(C)c2C=C1. The number of hydrogen-bond acceptors (Lipinski definition) is 0. The summed E-state index contributed by atoms with van der Waals surface area (Å²) >= 11 is 0. The minimum atomic E-state index is 1.06. The Morgan fingerprint density at radius 3 is 1.64 bits per heavy atom. The first kappa shape index (κ1) is 9.01. The van der Waals surface area contributed by atoms with Gasteiger partial charge >= 0.3 is 0 Å². The molecule has 0 heteroatoms. The van der Waals surface area contributed by atoms with Gasteiger partial charge in [-0.1, -0.05) is 43.0 Å². The second kappa shape index (κ2) is 3.30. The normalized spacial score (nSPS) is 14.0. The van der Waals surface area contributed by atoms with E-state index in [1.165, 1.54) is 22.3 Å². The van der Waals surface area contributed by atoms with Crippen LogP contribution in [-0.2, 0) is 0 Å². The molecule has 0 aromatic heterocycles. The van der Waals surface area contributed by atoms with Gasteiger partial charge < -0.3 is 0 Å². The summed E-state index contributed by atoms with van der Waals surface area (Å²) in [4.78, 5) is 0. The quantitative estimate of drug-likeness (QED) is 0.571. The first-order valence-electron chi connectivity index (χ1n) is 4.84. The zero-order valence-corrected chi connectivity index (χ0v) is 8.67. The van der Waals surface area contributed by atoms with Crippen molar-refractivity contribution in [1.29, 1.82) is 0 Å². The van der Waals surface area contributed by atoms with Gasteiger partial charge in [-0.15, -0.1) is 0 Å². The molecule has 0 aliphatic heterocycles. The van der Waals surface area contributed by atoms with E-state index in [1.807, 2.05) is 0 Å². The summed E-state index contributed by atoms with van der Waals surface area (Å²) < 4.78 is 0. The van der Waals surface area contributed by atoms with E-state index >= 15 is 0 Å². The molecule has 0 N–H and O–H groups in total. The second-order valence-corrected chi connectivity index (χ2v) is 3.77. The summed E-state index contributed by atoms with van der Waals surface area (Å²) in [6.07, 6.45) is 8.43. The van der Waals surface area contributed by atoms with Crippen LogP contribution in [0.4, 0.5) is 0 Å². The van der Waals surface area contributed by atoms with Crippen molar-refractivity contribution in [2.45, 2.75) is 13.8 Å². The highest BCUT2D eigenvalue weighted by Crippen LogP contribution is 2.24. The van der Waals surface area contributed by atoms with Gasteiger partial charge in [0.05, 0.1) is 0 Å². The number of rotatable bonds is 0. The molecule has 1 aliphatic carbocycles. The molecule has 70 valence electrons. The van der Waals surface area contributed by atoms with Gasteiger partial charge in [-0.25, -0.2) is 0 Å². The zero-order chi connectivity index (χ0) is 10.1. The van der Waals surface area contributed by atoms with E-state index in [0.29, 0.717) is 0 Å². The zero-order valence-electron chi connectivity index (χ0n) is 8.67. The van der Waals surface area contributed by atoms with E-state index in [-0.39, 0.29) is 0 Å². The van der Waals surface area contributed by atoms with Crippen LogP contribution in [-0.4, -0.2) is 0 Å². The van der Waals surface area contributed by atoms with Crippen molar-refractivity contribution in [2.75, 3.05) is 0 Å². The van der Waals surface area contributed by atoms with Crippen molar-refractivity contribution in [3.05, 3.63) is 58.7 Å². The molecule has 0 saturated heterocycles. The summed E-state index contributed by atoms with van der Waals surface area (Å²) in [6, 6.07) is 4.33. The molecule has 0 saturated carbocycles. The third-order valence-electron chi connectivity index (χ3n) is 2.65. The molecule has 0 amide bonds. The minimum Gasteiger partial charge on any atom is -0.0918 e. The maximum atomic E-state index is 3.94. The predicted molar refractivity (Wildman–Crippen MR) is 63.1 cm³/mol. The Labute approximate surface area is 85.3 Å². The van der Waals surface area contributed by atoms with Crippen LogP contribution < -0.4 is 0 Å². The highest BCUT2D eigenvalue weighted by molar-refractivity contribution is 5.75. The lowest BCUT2D eigenvalue weighted by Crippen LogP contribution is -1.89. The molecule has 0 atom stereocenters. The van der Waals surface area contributed by atoms with Gasteiger partial charge in [-0.05, 0) is 41.7 Å². The Balaban J connectivity index is 2.72. The molecule has 0 radical (unpaired) electrons. The first-order valence-corrected chi connectivity index (χ1v) is 4.84. The summed E-state index contributed by atoms with van der Waals surface area (Å²) in [7, 11) is 0. The summed E-state index contributed by atoms with van der Waals surface area (Å²) in [5.74, 6) is 0. The van der Waals surface area contributed by atoms with Crippen molar-refractivity contribution in [3.8, 4) is 0 Å². The van der Waals surface area contributed by atoms with Gasteiger partial charge in [0.2, 0.25) is 0 Å². The summed E-state index contributed by atoms with van der Waals surface area (Å²) in [5.41, 5.74) is 6.34. The van der Waals surface area contributed by atoms with Crippen LogP contribution >= 0.6 is 0 Å². The first-order chi connectivity index (χ1) is 6.68. The molecule has 0 heterocycles. The monoisotopic (exact) mass is 182 g/mol. The Kier molecular flexibility index (Phi) is 2.12. The average molecular weight is 182 g/mol. The van der Waals surface area contributed by atoms with Gasteiger partial charge in [-0.3, -0.25) is 0 Å². The van der Waals surface area contributed by atoms with E-state index < -0.39 is 0 Å². The van der Waals surface area contributed by atoms with Crippen molar-refractivity contribution in [3.63, 3.8) is 0 Å².